The molecule has 20 heavy (non-hydrogen) atoms. The Morgan fingerprint density at radius 1 is 1.10 bits per heavy atom. The number of nitrogens with one attached hydrogen (secondary N) is 1. The molecule has 0 radical (unpaired) electrons. The van der Waals surface area contributed by atoms with E-state index in [1.807, 2.05) is 0 Å². The van der Waals surface area contributed by atoms with Gasteiger partial charge in [0.2, 0.25) is 0 Å². The molecule has 0 aromatic heterocycles. The summed E-state index contributed by atoms with van der Waals surface area (Å²) in [5.41, 5.74) is 3.02. The van der Waals surface area contributed by atoms with Crippen LogP contribution in [0.25, 0.3) is 0 Å². The molecule has 0 spiro atoms. The third-order valence-corrected chi connectivity index (χ3v) is 4.56. The first-order valence-corrected chi connectivity index (χ1v) is 7.94. The zero-order valence-corrected chi connectivity index (χ0v) is 12.9. The van der Waals surface area contributed by atoms with Gasteiger partial charge in [-0.2, -0.15) is 0 Å². The Bertz CT molecular complexity index is 449. The van der Waals surface area contributed by atoms with Crippen molar-refractivity contribution in [1.29, 1.82) is 0 Å². The Balaban J connectivity index is 1.75. The maximum absolute atomic E-state index is 3.68. The molecule has 1 N–H and O–H groups in total. The van der Waals surface area contributed by atoms with Gasteiger partial charge in [0, 0.05) is 37.4 Å². The van der Waals surface area contributed by atoms with E-state index in [0.29, 0.717) is 0 Å². The van der Waals surface area contributed by atoms with Crippen LogP contribution >= 0.6 is 0 Å². The van der Waals surface area contributed by atoms with Crippen LogP contribution < -0.4 is 10.2 Å². The van der Waals surface area contributed by atoms with Crippen molar-refractivity contribution in [2.75, 3.05) is 37.6 Å². The largest absolute Gasteiger partial charge is 0.368 e. The Kier molecular flexibility index (Phi) is 3.99. The number of hydrogen-bond donors (Lipinski definition) is 1. The van der Waals surface area contributed by atoms with Crippen LogP contribution in [0.1, 0.15) is 32.3 Å². The normalized spacial score (nSPS) is 22.6. The molecule has 1 aromatic rings. The van der Waals surface area contributed by atoms with Gasteiger partial charge in [-0.3, -0.25) is 0 Å². The Labute approximate surface area is 123 Å². The van der Waals surface area contributed by atoms with Crippen LogP contribution in [0.5, 0.6) is 0 Å². The van der Waals surface area contributed by atoms with Gasteiger partial charge < -0.3 is 15.1 Å². The van der Waals surface area contributed by atoms with Crippen molar-refractivity contribution in [3.63, 3.8) is 0 Å². The van der Waals surface area contributed by atoms with E-state index < -0.39 is 0 Å². The SMILES string of the molecule is CC1(C)CN(CCN2CCCC2)c2ccccc2CN1. The molecule has 1 fully saturated rings. The number of fused-ring (bicyclic) bond motifs is 1. The fourth-order valence-electron chi connectivity index (χ4n) is 3.39. The smallest absolute Gasteiger partial charge is 0.0412 e. The lowest BCUT2D eigenvalue weighted by Gasteiger charge is -2.33. The molecule has 0 aliphatic carbocycles. The van der Waals surface area contributed by atoms with Crippen molar-refractivity contribution in [2.45, 2.75) is 38.8 Å². The highest BCUT2D eigenvalue weighted by Crippen LogP contribution is 2.26. The van der Waals surface area contributed by atoms with E-state index in [1.54, 1.807) is 0 Å². The first kappa shape index (κ1) is 13.9. The molecule has 110 valence electrons. The van der Waals surface area contributed by atoms with Gasteiger partial charge in [0.25, 0.3) is 0 Å². The van der Waals surface area contributed by atoms with Crippen molar-refractivity contribution in [3.8, 4) is 0 Å². The van der Waals surface area contributed by atoms with Gasteiger partial charge in [0.1, 0.15) is 0 Å². The van der Waals surface area contributed by atoms with E-state index in [4.69, 9.17) is 0 Å². The highest BCUT2D eigenvalue weighted by atomic mass is 15.2. The molecule has 0 bridgehead atoms. The van der Waals surface area contributed by atoms with Gasteiger partial charge in [-0.15, -0.1) is 0 Å². The highest BCUT2D eigenvalue weighted by molar-refractivity contribution is 5.55. The van der Waals surface area contributed by atoms with Gasteiger partial charge in [0.05, 0.1) is 0 Å². The van der Waals surface area contributed by atoms with E-state index in [2.05, 4.69) is 53.2 Å². The second-order valence-corrected chi connectivity index (χ2v) is 6.84. The lowest BCUT2D eigenvalue weighted by Crippen LogP contribution is -2.48. The molecule has 2 aliphatic heterocycles. The summed E-state index contributed by atoms with van der Waals surface area (Å²) in [5, 5.41) is 3.68. The summed E-state index contributed by atoms with van der Waals surface area (Å²) >= 11 is 0. The van der Waals surface area contributed by atoms with Gasteiger partial charge in [0.15, 0.2) is 0 Å². The van der Waals surface area contributed by atoms with Crippen LogP contribution in [0.3, 0.4) is 0 Å². The van der Waals surface area contributed by atoms with E-state index in [-0.39, 0.29) is 5.54 Å². The first-order valence-electron chi connectivity index (χ1n) is 7.94. The second-order valence-electron chi connectivity index (χ2n) is 6.84. The molecular formula is C17H27N3. The quantitative estimate of drug-likeness (QED) is 0.913. The standard InChI is InChI=1S/C17H27N3/c1-17(2)14-20(12-11-19-9-5-6-10-19)16-8-4-3-7-15(16)13-18-17/h3-4,7-8,18H,5-6,9-14H2,1-2H3. The fraction of sp³-hybridized carbons (Fsp3) is 0.647. The average Bonchev–Trinajstić information content (AvgIpc) is 2.90. The van der Waals surface area contributed by atoms with E-state index in [1.165, 1.54) is 43.7 Å². The van der Waals surface area contributed by atoms with E-state index in [0.717, 1.165) is 19.6 Å². The van der Waals surface area contributed by atoms with Crippen molar-refractivity contribution in [1.82, 2.24) is 10.2 Å². The zero-order valence-electron chi connectivity index (χ0n) is 12.9. The summed E-state index contributed by atoms with van der Waals surface area (Å²) in [6, 6.07) is 8.85. The number of para-hydroxylation sites is 1. The van der Waals surface area contributed by atoms with Gasteiger partial charge in [-0.05, 0) is 51.4 Å². The first-order chi connectivity index (χ1) is 9.64. The topological polar surface area (TPSA) is 18.5 Å². The van der Waals surface area contributed by atoms with Crippen LogP contribution in [0.2, 0.25) is 0 Å². The van der Waals surface area contributed by atoms with Crippen molar-refractivity contribution in [3.05, 3.63) is 29.8 Å². The molecule has 3 rings (SSSR count). The maximum Gasteiger partial charge on any atom is 0.0412 e. The molecule has 1 aromatic carbocycles. The predicted octanol–water partition coefficient (Wildman–Crippen LogP) is 2.47. The van der Waals surface area contributed by atoms with Gasteiger partial charge >= 0.3 is 0 Å². The minimum Gasteiger partial charge on any atom is -0.368 e. The summed E-state index contributed by atoms with van der Waals surface area (Å²) in [5.74, 6) is 0. The fourth-order valence-corrected chi connectivity index (χ4v) is 3.39. The Morgan fingerprint density at radius 2 is 1.85 bits per heavy atom. The van der Waals surface area contributed by atoms with Gasteiger partial charge in [-0.1, -0.05) is 18.2 Å². The van der Waals surface area contributed by atoms with Crippen LogP contribution in [0.4, 0.5) is 5.69 Å². The van der Waals surface area contributed by atoms with Gasteiger partial charge in [-0.25, -0.2) is 0 Å². The summed E-state index contributed by atoms with van der Waals surface area (Å²) in [6.45, 7) is 11.6. The molecule has 0 saturated carbocycles. The number of likely N-dealkylation sites (tertiary alicyclic amines) is 1. The molecule has 3 nitrogen and oxygen atoms in total. The van der Waals surface area contributed by atoms with E-state index >= 15 is 0 Å². The zero-order chi connectivity index (χ0) is 14.0. The number of benzene rings is 1. The van der Waals surface area contributed by atoms with Crippen molar-refractivity contribution < 1.29 is 0 Å². The number of rotatable bonds is 3. The minimum absolute atomic E-state index is 0.171. The van der Waals surface area contributed by atoms with Crippen LogP contribution in [-0.4, -0.2) is 43.2 Å². The molecule has 1 saturated heterocycles. The lowest BCUT2D eigenvalue weighted by molar-refractivity contribution is 0.335. The summed E-state index contributed by atoms with van der Waals surface area (Å²) in [7, 11) is 0. The minimum atomic E-state index is 0.171. The van der Waals surface area contributed by atoms with Crippen molar-refractivity contribution >= 4 is 5.69 Å². The molecule has 3 heteroatoms. The average molecular weight is 273 g/mol. The number of nitrogens with zero attached hydrogens (tertiary/aromatic N) is 2. The third kappa shape index (κ3) is 3.15. The molecule has 2 aliphatic rings. The second kappa shape index (κ2) is 5.74. The summed E-state index contributed by atoms with van der Waals surface area (Å²) in [6.07, 6.45) is 2.76. The Hall–Kier alpha value is -1.06. The Morgan fingerprint density at radius 3 is 2.65 bits per heavy atom. The number of hydrogen-bond acceptors (Lipinski definition) is 3. The molecule has 0 amide bonds. The van der Waals surface area contributed by atoms with E-state index in [9.17, 15) is 0 Å². The van der Waals surface area contributed by atoms with Crippen LogP contribution in [-0.2, 0) is 6.54 Å². The molecule has 0 atom stereocenters. The lowest BCUT2D eigenvalue weighted by atomic mass is 10.1. The number of anilines is 1. The van der Waals surface area contributed by atoms with Crippen LogP contribution in [0, 0.1) is 0 Å². The summed E-state index contributed by atoms with van der Waals surface area (Å²) in [4.78, 5) is 5.18. The molecular weight excluding hydrogens is 246 g/mol. The van der Waals surface area contributed by atoms with Crippen LogP contribution in [0.15, 0.2) is 24.3 Å². The highest BCUT2D eigenvalue weighted by Gasteiger charge is 2.26. The maximum atomic E-state index is 3.68. The van der Waals surface area contributed by atoms with Crippen molar-refractivity contribution in [2.24, 2.45) is 0 Å². The predicted molar refractivity (Wildman–Crippen MR) is 85.2 cm³/mol. The molecule has 2 heterocycles. The monoisotopic (exact) mass is 273 g/mol. The molecule has 0 unspecified atom stereocenters. The summed E-state index contributed by atoms with van der Waals surface area (Å²) < 4.78 is 0. The third-order valence-electron chi connectivity index (χ3n) is 4.56.